The zero-order chi connectivity index (χ0) is 16.9. The summed E-state index contributed by atoms with van der Waals surface area (Å²) in [5.74, 6) is 0. The van der Waals surface area contributed by atoms with Crippen LogP contribution in [0.25, 0.3) is 21.9 Å². The molecular weight excluding hydrogens is 296 g/mol. The highest BCUT2D eigenvalue weighted by molar-refractivity contribution is 6.05. The highest BCUT2D eigenvalue weighted by Gasteiger charge is 2.34. The van der Waals surface area contributed by atoms with E-state index in [0.717, 1.165) is 39.6 Å². The first-order valence-corrected chi connectivity index (χ1v) is 8.45. The van der Waals surface area contributed by atoms with Crippen molar-refractivity contribution in [3.63, 3.8) is 0 Å². The van der Waals surface area contributed by atoms with Crippen molar-refractivity contribution in [1.29, 1.82) is 0 Å². The Morgan fingerprint density at radius 1 is 1.21 bits per heavy atom. The Bertz CT molecular complexity index is 996. The first-order chi connectivity index (χ1) is 11.5. The predicted octanol–water partition coefficient (Wildman–Crippen LogP) is 5.30. The van der Waals surface area contributed by atoms with Crippen molar-refractivity contribution in [2.24, 2.45) is 0 Å². The molecule has 0 spiro atoms. The van der Waals surface area contributed by atoms with Gasteiger partial charge in [-0.15, -0.1) is 0 Å². The molecule has 0 amide bonds. The summed E-state index contributed by atoms with van der Waals surface area (Å²) < 4.78 is 6.26. The standard InChI is InChI=1S/C21H22N2O/c1-5-15-10-11-21(3,23(4)13-15)19-14(2)22-12-17-16-8-6-7-9-18(16)24-20(17)19/h6-13H,5H2,1-4H3. The summed E-state index contributed by atoms with van der Waals surface area (Å²) >= 11 is 0. The van der Waals surface area contributed by atoms with E-state index in [9.17, 15) is 0 Å². The summed E-state index contributed by atoms with van der Waals surface area (Å²) in [5, 5.41) is 2.21. The lowest BCUT2D eigenvalue weighted by Crippen LogP contribution is -2.38. The number of nitrogens with zero attached hydrogens (tertiary/aromatic N) is 2. The lowest BCUT2D eigenvalue weighted by molar-refractivity contribution is 0.257. The molecular formula is C21H22N2O. The average Bonchev–Trinajstić information content (AvgIpc) is 2.95. The Labute approximate surface area is 142 Å². The number of benzene rings is 1. The third-order valence-corrected chi connectivity index (χ3v) is 5.24. The molecule has 0 N–H and O–H groups in total. The molecule has 24 heavy (non-hydrogen) atoms. The van der Waals surface area contributed by atoms with Crippen LogP contribution in [0, 0.1) is 6.92 Å². The molecule has 0 radical (unpaired) electrons. The van der Waals surface area contributed by atoms with Gasteiger partial charge in [-0.3, -0.25) is 4.98 Å². The predicted molar refractivity (Wildman–Crippen MR) is 98.9 cm³/mol. The van der Waals surface area contributed by atoms with Gasteiger partial charge in [0.2, 0.25) is 0 Å². The minimum absolute atomic E-state index is 0.275. The molecule has 122 valence electrons. The quantitative estimate of drug-likeness (QED) is 0.642. The second kappa shape index (κ2) is 5.23. The molecule has 3 aromatic rings. The van der Waals surface area contributed by atoms with E-state index in [1.807, 2.05) is 24.4 Å². The second-order valence-corrected chi connectivity index (χ2v) is 6.71. The fraction of sp³-hybridized carbons (Fsp3) is 0.286. The molecule has 0 fully saturated rings. The van der Waals surface area contributed by atoms with Crippen LogP contribution in [0.15, 0.2) is 58.8 Å². The number of likely N-dealkylation sites (N-methyl/N-ethyl adjacent to an activating group) is 1. The fourth-order valence-corrected chi connectivity index (χ4v) is 3.65. The first-order valence-electron chi connectivity index (χ1n) is 8.45. The summed E-state index contributed by atoms with van der Waals surface area (Å²) in [5.41, 5.74) is 5.06. The highest BCUT2D eigenvalue weighted by atomic mass is 16.3. The van der Waals surface area contributed by atoms with Crippen molar-refractivity contribution >= 4 is 21.9 Å². The van der Waals surface area contributed by atoms with Crippen molar-refractivity contribution in [2.75, 3.05) is 7.05 Å². The number of hydrogen-bond acceptors (Lipinski definition) is 3. The minimum atomic E-state index is -0.275. The van der Waals surface area contributed by atoms with Crippen molar-refractivity contribution in [3.8, 4) is 0 Å². The summed E-state index contributed by atoms with van der Waals surface area (Å²) in [6.07, 6.45) is 9.68. The van der Waals surface area contributed by atoms with Gasteiger partial charge in [-0.25, -0.2) is 0 Å². The Kier molecular flexibility index (Phi) is 3.27. The zero-order valence-corrected chi connectivity index (χ0v) is 14.6. The molecule has 1 unspecified atom stereocenters. The normalized spacial score (nSPS) is 20.8. The highest BCUT2D eigenvalue weighted by Crippen LogP contribution is 2.41. The molecule has 3 nitrogen and oxygen atoms in total. The first kappa shape index (κ1) is 15.0. The molecule has 1 atom stereocenters. The number of furan rings is 1. The molecule has 1 aliphatic rings. The van der Waals surface area contributed by atoms with Crippen molar-refractivity contribution in [2.45, 2.75) is 32.7 Å². The Hall–Kier alpha value is -2.55. The largest absolute Gasteiger partial charge is 0.456 e. The summed E-state index contributed by atoms with van der Waals surface area (Å²) in [6.45, 7) is 6.47. The lowest BCUT2D eigenvalue weighted by Gasteiger charge is -2.39. The topological polar surface area (TPSA) is 29.3 Å². The van der Waals surface area contributed by atoms with Crippen molar-refractivity contribution < 1.29 is 4.42 Å². The monoisotopic (exact) mass is 318 g/mol. The second-order valence-electron chi connectivity index (χ2n) is 6.71. The smallest absolute Gasteiger partial charge is 0.144 e. The van der Waals surface area contributed by atoms with Crippen LogP contribution in [-0.2, 0) is 5.54 Å². The fourth-order valence-electron chi connectivity index (χ4n) is 3.65. The number of aromatic nitrogens is 1. The maximum atomic E-state index is 6.26. The van der Waals surface area contributed by atoms with Crippen LogP contribution in [0.2, 0.25) is 0 Å². The molecule has 0 saturated carbocycles. The van der Waals surface area contributed by atoms with Gasteiger partial charge in [0.15, 0.2) is 0 Å². The van der Waals surface area contributed by atoms with E-state index in [1.54, 1.807) is 0 Å². The van der Waals surface area contributed by atoms with Gasteiger partial charge in [-0.1, -0.05) is 37.3 Å². The molecule has 0 saturated heterocycles. The lowest BCUT2D eigenvalue weighted by atomic mass is 9.85. The Morgan fingerprint density at radius 2 is 2.00 bits per heavy atom. The van der Waals surface area contributed by atoms with E-state index >= 15 is 0 Å². The van der Waals surface area contributed by atoms with Crippen LogP contribution in [0.1, 0.15) is 31.5 Å². The number of fused-ring (bicyclic) bond motifs is 3. The SMILES string of the molecule is CCC1=CN(C)C(C)(c2c(C)ncc3c2oc2ccccc23)C=C1. The van der Waals surface area contributed by atoms with Crippen LogP contribution in [0.4, 0.5) is 0 Å². The number of allylic oxidation sites excluding steroid dienone is 2. The number of hydrogen-bond donors (Lipinski definition) is 0. The third kappa shape index (κ3) is 2.01. The van der Waals surface area contributed by atoms with Gasteiger partial charge < -0.3 is 9.32 Å². The van der Waals surface area contributed by atoms with Crippen molar-refractivity contribution in [1.82, 2.24) is 9.88 Å². The summed E-state index contributed by atoms with van der Waals surface area (Å²) in [7, 11) is 2.13. The van der Waals surface area contributed by atoms with E-state index in [4.69, 9.17) is 4.42 Å². The van der Waals surface area contributed by atoms with E-state index in [1.165, 1.54) is 5.57 Å². The molecule has 3 heteroatoms. The van der Waals surface area contributed by atoms with Crippen LogP contribution in [0.3, 0.4) is 0 Å². The average molecular weight is 318 g/mol. The molecule has 4 rings (SSSR count). The minimum Gasteiger partial charge on any atom is -0.456 e. The Balaban J connectivity index is 2.01. The number of rotatable bonds is 2. The maximum Gasteiger partial charge on any atom is 0.144 e. The van der Waals surface area contributed by atoms with Gasteiger partial charge in [0, 0.05) is 41.5 Å². The summed E-state index contributed by atoms with van der Waals surface area (Å²) in [4.78, 5) is 6.95. The van der Waals surface area contributed by atoms with Crippen LogP contribution in [0.5, 0.6) is 0 Å². The van der Waals surface area contributed by atoms with Gasteiger partial charge in [-0.05, 0) is 31.9 Å². The molecule has 2 aromatic heterocycles. The van der Waals surface area contributed by atoms with Crippen LogP contribution in [-0.4, -0.2) is 16.9 Å². The van der Waals surface area contributed by atoms with Gasteiger partial charge in [0.1, 0.15) is 11.2 Å². The van der Waals surface area contributed by atoms with Gasteiger partial charge in [-0.2, -0.15) is 0 Å². The maximum absolute atomic E-state index is 6.26. The van der Waals surface area contributed by atoms with E-state index in [-0.39, 0.29) is 5.54 Å². The number of pyridine rings is 1. The van der Waals surface area contributed by atoms with Gasteiger partial charge in [0.05, 0.1) is 5.54 Å². The van der Waals surface area contributed by atoms with E-state index < -0.39 is 0 Å². The van der Waals surface area contributed by atoms with Gasteiger partial charge >= 0.3 is 0 Å². The van der Waals surface area contributed by atoms with Crippen LogP contribution >= 0.6 is 0 Å². The third-order valence-electron chi connectivity index (χ3n) is 5.24. The molecule has 1 aliphatic heterocycles. The zero-order valence-electron chi connectivity index (χ0n) is 14.6. The molecule has 3 heterocycles. The van der Waals surface area contributed by atoms with Crippen molar-refractivity contribution in [3.05, 3.63) is 65.6 Å². The Morgan fingerprint density at radius 3 is 2.75 bits per heavy atom. The molecule has 0 bridgehead atoms. The van der Waals surface area contributed by atoms with Gasteiger partial charge in [0.25, 0.3) is 0 Å². The number of para-hydroxylation sites is 1. The van der Waals surface area contributed by atoms with E-state index in [0.29, 0.717) is 0 Å². The van der Waals surface area contributed by atoms with E-state index in [2.05, 4.69) is 62.1 Å². The number of aryl methyl sites for hydroxylation is 1. The molecule has 1 aromatic carbocycles. The summed E-state index contributed by atoms with van der Waals surface area (Å²) in [6, 6.07) is 8.17. The van der Waals surface area contributed by atoms with Crippen LogP contribution < -0.4 is 0 Å². The molecule has 0 aliphatic carbocycles.